The summed E-state index contributed by atoms with van der Waals surface area (Å²) < 4.78 is 9.09. The first kappa shape index (κ1) is 33.3. The number of hydrogen-bond donors (Lipinski definition) is 0. The summed E-state index contributed by atoms with van der Waals surface area (Å²) >= 11 is 0. The van der Waals surface area contributed by atoms with Crippen LogP contribution in [-0.2, 0) is 0 Å². The highest BCUT2D eigenvalue weighted by Gasteiger charge is 2.22. The normalized spacial score (nSPS) is 11.7. The van der Waals surface area contributed by atoms with Crippen molar-refractivity contribution in [1.29, 1.82) is 0 Å². The molecular formula is C56H36N2O. The van der Waals surface area contributed by atoms with Crippen LogP contribution in [0, 0.1) is 0 Å². The molecule has 0 unspecified atom stereocenters. The lowest BCUT2D eigenvalue weighted by Gasteiger charge is -2.29. The van der Waals surface area contributed by atoms with Crippen molar-refractivity contribution in [2.75, 3.05) is 4.90 Å². The number of para-hydroxylation sites is 3. The predicted molar refractivity (Wildman–Crippen MR) is 249 cm³/mol. The maximum atomic E-state index is 6.69. The number of aromatic nitrogens is 1. The van der Waals surface area contributed by atoms with Crippen LogP contribution in [0.3, 0.4) is 0 Å². The SMILES string of the molecule is c1cc(N(c2ccc(-c3cccc4ccccc34)cc2)c2ccccc2-c2cccc3oc4c5ccccc5ccc4c23)cc(-n2c3ccccc3c3ccccc32)c1. The average Bonchev–Trinajstić information content (AvgIpc) is 3.86. The molecule has 276 valence electrons. The molecular weight excluding hydrogens is 717 g/mol. The number of hydrogen-bond acceptors (Lipinski definition) is 2. The van der Waals surface area contributed by atoms with E-state index in [0.717, 1.165) is 61.2 Å². The molecule has 0 spiro atoms. The standard InChI is InChI=1S/C56H36N2O/c1-3-19-43-37(14-1)16-11-24-44(43)39-30-33-40(34-31-39)57(41-17-12-18-42(36-41)58-52-27-9-5-21-46(52)47-22-6-10-28-53(47)58)51-26-8-7-23-48(51)49-25-13-29-54-55(49)50-35-32-38-15-2-4-20-45(38)56(50)59-54/h1-36H. The summed E-state index contributed by atoms with van der Waals surface area (Å²) in [5, 5.41) is 9.49. The van der Waals surface area contributed by atoms with Gasteiger partial charge in [-0.05, 0) is 93.5 Å². The molecule has 10 aromatic carbocycles. The van der Waals surface area contributed by atoms with Crippen LogP contribution < -0.4 is 4.90 Å². The molecule has 0 aliphatic carbocycles. The average molecular weight is 753 g/mol. The highest BCUT2D eigenvalue weighted by Crippen LogP contribution is 2.46. The van der Waals surface area contributed by atoms with E-state index >= 15 is 0 Å². The topological polar surface area (TPSA) is 21.3 Å². The zero-order valence-electron chi connectivity index (χ0n) is 32.1. The van der Waals surface area contributed by atoms with Gasteiger partial charge in [0.05, 0.1) is 16.7 Å². The number of fused-ring (bicyclic) bond motifs is 9. The fourth-order valence-corrected chi connectivity index (χ4v) is 9.34. The second kappa shape index (κ2) is 13.4. The van der Waals surface area contributed by atoms with Gasteiger partial charge < -0.3 is 13.9 Å². The highest BCUT2D eigenvalue weighted by atomic mass is 16.3. The molecule has 3 heteroatoms. The smallest absolute Gasteiger partial charge is 0.143 e. The van der Waals surface area contributed by atoms with E-state index in [0.29, 0.717) is 0 Å². The molecule has 0 saturated heterocycles. The lowest BCUT2D eigenvalue weighted by molar-refractivity contribution is 0.673. The lowest BCUT2D eigenvalue weighted by atomic mass is 9.95. The van der Waals surface area contributed by atoms with Gasteiger partial charge in [0.1, 0.15) is 11.2 Å². The first-order valence-electron chi connectivity index (χ1n) is 20.2. The minimum absolute atomic E-state index is 0.878. The molecule has 0 N–H and O–H groups in total. The molecule has 3 nitrogen and oxygen atoms in total. The van der Waals surface area contributed by atoms with E-state index in [4.69, 9.17) is 4.42 Å². The molecule has 0 fully saturated rings. The summed E-state index contributed by atoms with van der Waals surface area (Å²) in [5.74, 6) is 0. The summed E-state index contributed by atoms with van der Waals surface area (Å²) in [7, 11) is 0. The van der Waals surface area contributed by atoms with Gasteiger partial charge >= 0.3 is 0 Å². The molecule has 0 radical (unpaired) electrons. The molecule has 0 atom stereocenters. The maximum absolute atomic E-state index is 6.69. The minimum Gasteiger partial charge on any atom is -0.455 e. The number of furan rings is 1. The number of nitrogens with zero attached hydrogens (tertiary/aromatic N) is 2. The Morgan fingerprint density at radius 2 is 0.966 bits per heavy atom. The fraction of sp³-hybridized carbons (Fsp3) is 0. The summed E-state index contributed by atoms with van der Waals surface area (Å²) in [6, 6.07) is 78.7. The van der Waals surface area contributed by atoms with Crippen molar-refractivity contribution in [2.45, 2.75) is 0 Å². The van der Waals surface area contributed by atoms with Gasteiger partial charge in [0.25, 0.3) is 0 Å². The van der Waals surface area contributed by atoms with E-state index in [1.165, 1.54) is 49.1 Å². The van der Waals surface area contributed by atoms with Gasteiger partial charge in [0.15, 0.2) is 0 Å². The van der Waals surface area contributed by atoms with Gasteiger partial charge in [-0.1, -0.05) is 158 Å². The van der Waals surface area contributed by atoms with E-state index in [1.807, 2.05) is 0 Å². The molecule has 12 rings (SSSR count). The third kappa shape index (κ3) is 5.29. The Bertz CT molecular complexity index is 3510. The fourth-order valence-electron chi connectivity index (χ4n) is 9.34. The second-order valence-corrected chi connectivity index (χ2v) is 15.3. The van der Waals surface area contributed by atoms with Crippen LogP contribution in [0.4, 0.5) is 17.1 Å². The molecule has 2 aromatic heterocycles. The van der Waals surface area contributed by atoms with Gasteiger partial charge in [-0.25, -0.2) is 0 Å². The molecule has 0 aliphatic rings. The van der Waals surface area contributed by atoms with Crippen molar-refractivity contribution in [3.8, 4) is 27.9 Å². The molecule has 0 saturated carbocycles. The highest BCUT2D eigenvalue weighted by molar-refractivity contribution is 6.20. The molecule has 2 heterocycles. The van der Waals surface area contributed by atoms with Crippen LogP contribution in [0.5, 0.6) is 0 Å². The molecule has 12 aromatic rings. The number of benzene rings is 10. The van der Waals surface area contributed by atoms with Crippen molar-refractivity contribution >= 4 is 82.4 Å². The summed E-state index contributed by atoms with van der Waals surface area (Å²) in [6.45, 7) is 0. The third-order valence-electron chi connectivity index (χ3n) is 12.0. The van der Waals surface area contributed by atoms with Crippen molar-refractivity contribution in [3.63, 3.8) is 0 Å². The number of anilines is 3. The van der Waals surface area contributed by atoms with Crippen LogP contribution in [0.15, 0.2) is 223 Å². The van der Waals surface area contributed by atoms with Gasteiger partial charge in [-0.3, -0.25) is 0 Å². The van der Waals surface area contributed by atoms with Gasteiger partial charge in [0.2, 0.25) is 0 Å². The minimum atomic E-state index is 0.878. The summed E-state index contributed by atoms with van der Waals surface area (Å²) in [4.78, 5) is 2.41. The Hall–Kier alpha value is -7.88. The summed E-state index contributed by atoms with van der Waals surface area (Å²) in [6.07, 6.45) is 0. The van der Waals surface area contributed by atoms with Gasteiger partial charge in [-0.15, -0.1) is 0 Å². The van der Waals surface area contributed by atoms with Crippen molar-refractivity contribution in [2.24, 2.45) is 0 Å². The molecule has 59 heavy (non-hydrogen) atoms. The van der Waals surface area contributed by atoms with E-state index in [-0.39, 0.29) is 0 Å². The van der Waals surface area contributed by atoms with Crippen LogP contribution in [0.2, 0.25) is 0 Å². The van der Waals surface area contributed by atoms with Crippen molar-refractivity contribution in [3.05, 3.63) is 218 Å². The Kier molecular flexibility index (Phi) is 7.54. The van der Waals surface area contributed by atoms with E-state index < -0.39 is 0 Å². The Labute approximate surface area is 341 Å². The monoisotopic (exact) mass is 752 g/mol. The van der Waals surface area contributed by atoms with E-state index in [1.54, 1.807) is 0 Å². The van der Waals surface area contributed by atoms with Crippen molar-refractivity contribution < 1.29 is 4.42 Å². The molecule has 0 bridgehead atoms. The maximum Gasteiger partial charge on any atom is 0.143 e. The lowest BCUT2D eigenvalue weighted by Crippen LogP contribution is -2.12. The van der Waals surface area contributed by atoms with Crippen LogP contribution in [-0.4, -0.2) is 4.57 Å². The first-order valence-corrected chi connectivity index (χ1v) is 20.2. The third-order valence-corrected chi connectivity index (χ3v) is 12.0. The van der Waals surface area contributed by atoms with E-state index in [9.17, 15) is 0 Å². The Morgan fingerprint density at radius 3 is 1.76 bits per heavy atom. The van der Waals surface area contributed by atoms with Gasteiger partial charge in [-0.2, -0.15) is 0 Å². The Balaban J connectivity index is 1.08. The van der Waals surface area contributed by atoms with Gasteiger partial charge in [0, 0.05) is 49.6 Å². The summed E-state index contributed by atoms with van der Waals surface area (Å²) in [5.41, 5.74) is 13.1. The molecule has 0 aliphatic heterocycles. The van der Waals surface area contributed by atoms with Crippen molar-refractivity contribution in [1.82, 2.24) is 4.57 Å². The predicted octanol–water partition coefficient (Wildman–Crippen LogP) is 15.8. The first-order chi connectivity index (χ1) is 29.3. The van der Waals surface area contributed by atoms with Crippen LogP contribution in [0.1, 0.15) is 0 Å². The quantitative estimate of drug-likeness (QED) is 0.169. The largest absolute Gasteiger partial charge is 0.455 e. The zero-order chi connectivity index (χ0) is 38.9. The molecule has 0 amide bonds. The van der Waals surface area contributed by atoms with E-state index in [2.05, 4.69) is 228 Å². The van der Waals surface area contributed by atoms with Crippen LogP contribution >= 0.6 is 0 Å². The second-order valence-electron chi connectivity index (χ2n) is 15.3. The number of rotatable bonds is 6. The zero-order valence-corrected chi connectivity index (χ0v) is 32.1. The Morgan fingerprint density at radius 1 is 0.373 bits per heavy atom. The van der Waals surface area contributed by atoms with Crippen LogP contribution in [0.25, 0.3) is 93.2 Å².